The van der Waals surface area contributed by atoms with Gasteiger partial charge in [-0.25, -0.2) is 0 Å². The van der Waals surface area contributed by atoms with Crippen LogP contribution in [0.1, 0.15) is 32.1 Å². The number of hydrogen-bond donors (Lipinski definition) is 2. The average molecular weight is 445 g/mol. The van der Waals surface area contributed by atoms with Crippen molar-refractivity contribution in [2.75, 3.05) is 7.11 Å². The molecule has 32 heavy (non-hydrogen) atoms. The molecular weight excluding hydrogens is 416 g/mol. The summed E-state index contributed by atoms with van der Waals surface area (Å²) in [5.41, 5.74) is 2.43. The van der Waals surface area contributed by atoms with Gasteiger partial charge in [-0.2, -0.15) is 4.99 Å². The van der Waals surface area contributed by atoms with E-state index in [0.717, 1.165) is 43.5 Å². The minimum atomic E-state index is 0.0957. The van der Waals surface area contributed by atoms with Crippen LogP contribution in [-0.2, 0) is 4.74 Å². The molecule has 1 saturated heterocycles. The van der Waals surface area contributed by atoms with Crippen LogP contribution in [0, 0.1) is 11.8 Å². The van der Waals surface area contributed by atoms with Gasteiger partial charge in [-0.1, -0.05) is 48.6 Å². The van der Waals surface area contributed by atoms with Gasteiger partial charge in [0.25, 0.3) is 0 Å². The molecule has 4 unspecified atom stereocenters. The second-order valence-corrected chi connectivity index (χ2v) is 10.4. The number of rotatable bonds is 3. The molecule has 0 aromatic heterocycles. The van der Waals surface area contributed by atoms with Crippen LogP contribution < -0.4 is 15.8 Å². The first-order valence-electron chi connectivity index (χ1n) is 11.6. The average Bonchev–Trinajstić information content (AvgIpc) is 3.19. The summed E-state index contributed by atoms with van der Waals surface area (Å²) in [6.45, 7) is 0. The van der Waals surface area contributed by atoms with Crippen molar-refractivity contribution < 1.29 is 9.84 Å². The molecule has 1 aromatic carbocycles. The Hall–Kier alpha value is -2.66. The number of nitrogens with one attached hydrogen (secondary N) is 1. The fourth-order valence-electron chi connectivity index (χ4n) is 5.46. The molecule has 0 bridgehead atoms. The number of ether oxygens (including phenoxy) is 1. The smallest absolute Gasteiger partial charge is 0.212 e. The van der Waals surface area contributed by atoms with Crippen LogP contribution in [0.4, 0.5) is 0 Å². The Morgan fingerprint density at radius 2 is 1.88 bits per heavy atom. The standard InChI is InChI=1S/C27H28N2O2S/c1-31-26-15-22(28-27(29-26)20-8-4-5-9-23(20)30)18-10-11-19-21-12-16-6-2-3-7-17(16)13-25(21)32-24(19)14-18/h2-3,6-7,11-15,18,21-22,25,30H,4-5,8-10H2,1H3,(H,28,29). The molecule has 2 heterocycles. The van der Waals surface area contributed by atoms with Crippen molar-refractivity contribution in [2.45, 2.75) is 43.4 Å². The van der Waals surface area contributed by atoms with Crippen LogP contribution in [0.15, 0.2) is 75.2 Å². The third kappa shape index (κ3) is 3.43. The quantitative estimate of drug-likeness (QED) is 0.738. The maximum atomic E-state index is 10.5. The van der Waals surface area contributed by atoms with Crippen molar-refractivity contribution in [1.29, 1.82) is 0 Å². The summed E-state index contributed by atoms with van der Waals surface area (Å²) in [4.78, 5) is 6.05. The predicted molar refractivity (Wildman–Crippen MR) is 131 cm³/mol. The molecule has 3 aliphatic carbocycles. The molecular formula is C27H28N2O2S. The lowest BCUT2D eigenvalue weighted by Crippen LogP contribution is -2.42. The number of aliphatic hydroxyl groups is 1. The summed E-state index contributed by atoms with van der Waals surface area (Å²) >= 11 is 1.99. The second kappa shape index (κ2) is 8.04. The Labute approximate surface area is 192 Å². The highest BCUT2D eigenvalue weighted by molar-refractivity contribution is 8.04. The molecule has 4 nitrogen and oxygen atoms in total. The zero-order chi connectivity index (χ0) is 21.7. The fourth-order valence-corrected chi connectivity index (χ4v) is 6.95. The lowest BCUT2D eigenvalue weighted by Gasteiger charge is -2.31. The minimum absolute atomic E-state index is 0.0957. The van der Waals surface area contributed by atoms with Crippen molar-refractivity contribution in [1.82, 2.24) is 5.32 Å². The van der Waals surface area contributed by atoms with Crippen LogP contribution in [-0.4, -0.2) is 29.3 Å². The Bertz CT molecular complexity index is 1240. The van der Waals surface area contributed by atoms with E-state index in [4.69, 9.17) is 4.74 Å². The van der Waals surface area contributed by atoms with Gasteiger partial charge in [-0.15, -0.1) is 11.8 Å². The van der Waals surface area contributed by atoms with Gasteiger partial charge in [-0.3, -0.25) is 0 Å². The molecule has 0 spiro atoms. The first-order valence-corrected chi connectivity index (χ1v) is 12.5. The van der Waals surface area contributed by atoms with Crippen molar-refractivity contribution in [3.05, 3.63) is 80.6 Å². The number of nitrogens with zero attached hydrogens (tertiary/aromatic N) is 1. The Kier molecular flexibility index (Phi) is 5.02. The summed E-state index contributed by atoms with van der Waals surface area (Å²) in [7, 11) is 1.67. The maximum Gasteiger partial charge on any atom is 0.212 e. The van der Waals surface area contributed by atoms with Gasteiger partial charge in [0.2, 0.25) is 5.88 Å². The molecule has 0 saturated carbocycles. The summed E-state index contributed by atoms with van der Waals surface area (Å²) in [5, 5.41) is 17.3. The SMILES string of the molecule is COC1=CC(C2C=C3SC4C=c5ccccc5=CC4C3=CC2)NC(C2=C(O)CCCC2)=N1. The van der Waals surface area contributed by atoms with Gasteiger partial charge < -0.3 is 15.2 Å². The third-order valence-electron chi connectivity index (χ3n) is 7.18. The molecule has 6 rings (SSSR count). The topological polar surface area (TPSA) is 53.8 Å². The number of aliphatic imine (C=N–C) groups is 1. The van der Waals surface area contributed by atoms with Gasteiger partial charge in [0.05, 0.1) is 18.9 Å². The molecule has 164 valence electrons. The minimum Gasteiger partial charge on any atom is -0.512 e. The van der Waals surface area contributed by atoms with Gasteiger partial charge in [0, 0.05) is 40.1 Å². The van der Waals surface area contributed by atoms with E-state index < -0.39 is 0 Å². The first kappa shape index (κ1) is 20.0. The Balaban J connectivity index is 1.27. The number of amidine groups is 1. The number of allylic oxidation sites excluding steroid dienone is 3. The van der Waals surface area contributed by atoms with Crippen molar-refractivity contribution in [3.8, 4) is 0 Å². The van der Waals surface area contributed by atoms with E-state index in [-0.39, 0.29) is 6.04 Å². The van der Waals surface area contributed by atoms with E-state index in [1.165, 1.54) is 20.9 Å². The van der Waals surface area contributed by atoms with Crippen LogP contribution in [0.3, 0.4) is 0 Å². The highest BCUT2D eigenvalue weighted by Gasteiger charge is 2.38. The van der Waals surface area contributed by atoms with Crippen molar-refractivity contribution >= 4 is 29.7 Å². The number of fused-ring (bicyclic) bond motifs is 4. The lowest BCUT2D eigenvalue weighted by atomic mass is 9.83. The zero-order valence-electron chi connectivity index (χ0n) is 18.3. The molecule has 5 aliphatic rings. The second-order valence-electron chi connectivity index (χ2n) is 9.13. The highest BCUT2D eigenvalue weighted by Crippen LogP contribution is 2.50. The third-order valence-corrected chi connectivity index (χ3v) is 8.50. The van der Waals surface area contributed by atoms with E-state index in [0.29, 0.717) is 28.7 Å². The number of thioether (sulfide) groups is 1. The number of hydrogen-bond acceptors (Lipinski definition) is 5. The van der Waals surface area contributed by atoms with Gasteiger partial charge >= 0.3 is 0 Å². The number of benzene rings is 1. The van der Waals surface area contributed by atoms with Crippen LogP contribution in [0.25, 0.3) is 12.2 Å². The fraction of sp³-hybridized carbons (Fsp3) is 0.370. The van der Waals surface area contributed by atoms with E-state index in [1.54, 1.807) is 7.11 Å². The largest absolute Gasteiger partial charge is 0.512 e. The summed E-state index contributed by atoms with van der Waals surface area (Å²) in [5.74, 6) is 2.68. The lowest BCUT2D eigenvalue weighted by molar-refractivity contribution is 0.279. The van der Waals surface area contributed by atoms with E-state index in [1.807, 2.05) is 11.8 Å². The predicted octanol–water partition coefficient (Wildman–Crippen LogP) is 4.07. The van der Waals surface area contributed by atoms with Gasteiger partial charge in [0.1, 0.15) is 5.84 Å². The van der Waals surface area contributed by atoms with Crippen LogP contribution in [0.2, 0.25) is 0 Å². The van der Waals surface area contributed by atoms with E-state index in [9.17, 15) is 5.11 Å². The number of methoxy groups -OCH3 is 1. The summed E-state index contributed by atoms with van der Waals surface area (Å²) < 4.78 is 5.55. The summed E-state index contributed by atoms with van der Waals surface area (Å²) in [6.07, 6.45) is 16.6. The van der Waals surface area contributed by atoms with Crippen molar-refractivity contribution in [2.24, 2.45) is 16.8 Å². The van der Waals surface area contributed by atoms with Gasteiger partial charge in [-0.05, 0) is 41.7 Å². The zero-order valence-corrected chi connectivity index (χ0v) is 19.1. The Morgan fingerprint density at radius 1 is 1.06 bits per heavy atom. The number of aliphatic hydroxyl groups excluding tert-OH is 1. The summed E-state index contributed by atoms with van der Waals surface area (Å²) in [6, 6.07) is 8.78. The van der Waals surface area contributed by atoms with Crippen molar-refractivity contribution in [3.63, 3.8) is 0 Å². The monoisotopic (exact) mass is 444 g/mol. The molecule has 0 amide bonds. The van der Waals surface area contributed by atoms with E-state index in [2.05, 4.69) is 65.0 Å². The molecule has 2 N–H and O–H groups in total. The van der Waals surface area contributed by atoms with Gasteiger partial charge in [0.15, 0.2) is 0 Å². The highest BCUT2D eigenvalue weighted by atomic mass is 32.2. The maximum absolute atomic E-state index is 10.5. The molecule has 4 atom stereocenters. The Morgan fingerprint density at radius 3 is 2.69 bits per heavy atom. The van der Waals surface area contributed by atoms with Crippen LogP contribution in [0.5, 0.6) is 0 Å². The normalized spacial score (nSPS) is 30.8. The molecule has 2 aliphatic heterocycles. The molecule has 1 aromatic rings. The molecule has 5 heteroatoms. The molecule has 1 fully saturated rings. The first-order chi connectivity index (χ1) is 15.7. The molecule has 0 radical (unpaired) electrons. The van der Waals surface area contributed by atoms with E-state index >= 15 is 0 Å². The van der Waals surface area contributed by atoms with Crippen LogP contribution >= 0.6 is 11.8 Å².